The Labute approximate surface area is 205 Å². The molecular weight excluding hydrogens is 463 g/mol. The predicted octanol–water partition coefficient (Wildman–Crippen LogP) is 6.09. The molecule has 2 amide bonds. The van der Waals surface area contributed by atoms with E-state index >= 15 is 0 Å². The van der Waals surface area contributed by atoms with Crippen LogP contribution in [0.1, 0.15) is 50.2 Å². The van der Waals surface area contributed by atoms with Crippen molar-refractivity contribution in [3.63, 3.8) is 0 Å². The van der Waals surface area contributed by atoms with Gasteiger partial charge in [0.25, 0.3) is 0 Å². The lowest BCUT2D eigenvalue weighted by Gasteiger charge is -2.31. The second-order valence-corrected chi connectivity index (χ2v) is 10.0. The second-order valence-electron chi connectivity index (χ2n) is 8.22. The summed E-state index contributed by atoms with van der Waals surface area (Å²) in [6, 6.07) is 14.9. The zero-order chi connectivity index (χ0) is 22.9. The molecule has 32 heavy (non-hydrogen) atoms. The molecule has 0 aromatic heterocycles. The maximum atomic E-state index is 13.2. The first-order valence-corrected chi connectivity index (χ1v) is 13.0. The van der Waals surface area contributed by atoms with E-state index in [-0.39, 0.29) is 30.2 Å². The lowest BCUT2D eigenvalue weighted by atomic mass is 9.95. The van der Waals surface area contributed by atoms with Gasteiger partial charge in [-0.15, -0.1) is 11.8 Å². The Hall–Kier alpha value is -1.69. The summed E-state index contributed by atoms with van der Waals surface area (Å²) in [5, 5.41) is 4.13. The van der Waals surface area contributed by atoms with Gasteiger partial charge in [0.1, 0.15) is 6.04 Å². The van der Waals surface area contributed by atoms with Gasteiger partial charge in [-0.1, -0.05) is 78.9 Å². The van der Waals surface area contributed by atoms with Crippen molar-refractivity contribution in [1.82, 2.24) is 10.2 Å². The highest BCUT2D eigenvalue weighted by Gasteiger charge is 2.29. The van der Waals surface area contributed by atoms with E-state index < -0.39 is 6.04 Å². The molecule has 0 radical (unpaired) electrons. The largest absolute Gasteiger partial charge is 0.352 e. The summed E-state index contributed by atoms with van der Waals surface area (Å²) in [7, 11) is 0. The molecule has 2 aromatic carbocycles. The summed E-state index contributed by atoms with van der Waals surface area (Å²) in [6.07, 6.45) is 5.47. The van der Waals surface area contributed by atoms with Crippen LogP contribution < -0.4 is 5.32 Å². The maximum Gasteiger partial charge on any atom is 0.242 e. The van der Waals surface area contributed by atoms with Gasteiger partial charge in [0.05, 0.1) is 5.75 Å². The highest BCUT2D eigenvalue weighted by Crippen LogP contribution is 2.27. The third-order valence-electron chi connectivity index (χ3n) is 5.85. The smallest absolute Gasteiger partial charge is 0.242 e. The van der Waals surface area contributed by atoms with Crippen LogP contribution in [0.2, 0.25) is 10.0 Å². The summed E-state index contributed by atoms with van der Waals surface area (Å²) >= 11 is 14.3. The van der Waals surface area contributed by atoms with Gasteiger partial charge in [-0.05, 0) is 37.5 Å². The summed E-state index contributed by atoms with van der Waals surface area (Å²) in [6.45, 7) is 1.98. The number of rotatable bonds is 9. The molecule has 172 valence electrons. The zero-order valence-corrected chi connectivity index (χ0v) is 20.7. The van der Waals surface area contributed by atoms with Crippen LogP contribution in [0.25, 0.3) is 0 Å². The van der Waals surface area contributed by atoms with Crippen LogP contribution in [-0.4, -0.2) is 34.6 Å². The van der Waals surface area contributed by atoms with Crippen molar-refractivity contribution in [3.8, 4) is 0 Å². The van der Waals surface area contributed by atoms with Crippen LogP contribution in [0, 0.1) is 0 Å². The van der Waals surface area contributed by atoms with Gasteiger partial charge in [0, 0.05) is 33.9 Å². The SMILES string of the molecule is C[C@@H](C(=O)NC1CCCCC1)N(Cc1c(Cl)cccc1Cl)C(=O)CSCc1ccccc1. The fourth-order valence-electron chi connectivity index (χ4n) is 3.92. The third-order valence-corrected chi connectivity index (χ3v) is 7.54. The molecule has 0 aliphatic heterocycles. The third kappa shape index (κ3) is 7.16. The van der Waals surface area contributed by atoms with Crippen molar-refractivity contribution >= 4 is 46.8 Å². The minimum atomic E-state index is -0.617. The molecular formula is C25H30Cl2N2O2S. The van der Waals surface area contributed by atoms with Crippen molar-refractivity contribution in [3.05, 3.63) is 69.7 Å². The number of benzene rings is 2. The standard InChI is InChI=1S/C25H30Cl2N2O2S/c1-18(25(31)28-20-11-6-3-7-12-20)29(15-21-22(26)13-8-14-23(21)27)24(30)17-32-16-19-9-4-2-5-10-19/h2,4-5,8-10,13-14,18,20H,3,6-7,11-12,15-17H2,1H3,(H,28,31)/t18-/m0/s1. The number of amides is 2. The Morgan fingerprint density at radius 2 is 1.69 bits per heavy atom. The van der Waals surface area contributed by atoms with Crippen LogP contribution in [-0.2, 0) is 21.9 Å². The number of hydrogen-bond donors (Lipinski definition) is 1. The Balaban J connectivity index is 1.70. The zero-order valence-electron chi connectivity index (χ0n) is 18.4. The summed E-state index contributed by atoms with van der Waals surface area (Å²) in [5.41, 5.74) is 1.82. The molecule has 2 aromatic rings. The van der Waals surface area contributed by atoms with E-state index in [0.717, 1.165) is 37.0 Å². The molecule has 4 nitrogen and oxygen atoms in total. The molecule has 1 aliphatic carbocycles. The average molecular weight is 494 g/mol. The summed E-state index contributed by atoms with van der Waals surface area (Å²) in [4.78, 5) is 27.9. The number of carbonyl (C=O) groups excluding carboxylic acids is 2. The van der Waals surface area contributed by atoms with E-state index in [1.54, 1.807) is 30.0 Å². The Morgan fingerprint density at radius 3 is 2.34 bits per heavy atom. The molecule has 0 bridgehead atoms. The van der Waals surface area contributed by atoms with Crippen molar-refractivity contribution in [1.29, 1.82) is 0 Å². The second kappa shape index (κ2) is 12.5. The molecule has 3 rings (SSSR count). The molecule has 1 fully saturated rings. The molecule has 0 spiro atoms. The fraction of sp³-hybridized carbons (Fsp3) is 0.440. The summed E-state index contributed by atoms with van der Waals surface area (Å²) < 4.78 is 0. The highest BCUT2D eigenvalue weighted by molar-refractivity contribution is 7.99. The van der Waals surface area contributed by atoms with Crippen LogP contribution in [0.3, 0.4) is 0 Å². The van der Waals surface area contributed by atoms with E-state index in [9.17, 15) is 9.59 Å². The molecule has 1 saturated carbocycles. The van der Waals surface area contributed by atoms with Crippen molar-refractivity contribution < 1.29 is 9.59 Å². The number of nitrogens with one attached hydrogen (secondary N) is 1. The minimum absolute atomic E-state index is 0.104. The van der Waals surface area contributed by atoms with Crippen LogP contribution >= 0.6 is 35.0 Å². The van der Waals surface area contributed by atoms with Gasteiger partial charge in [-0.3, -0.25) is 9.59 Å². The quantitative estimate of drug-likeness (QED) is 0.460. The number of nitrogens with zero attached hydrogens (tertiary/aromatic N) is 1. The topological polar surface area (TPSA) is 49.4 Å². The van der Waals surface area contributed by atoms with E-state index in [1.165, 1.54) is 18.2 Å². The number of thioether (sulfide) groups is 1. The first kappa shape index (κ1) is 24.9. The van der Waals surface area contributed by atoms with Crippen molar-refractivity contribution in [2.75, 3.05) is 5.75 Å². The van der Waals surface area contributed by atoms with Gasteiger partial charge >= 0.3 is 0 Å². The Bertz CT molecular complexity index is 884. The maximum absolute atomic E-state index is 13.2. The van der Waals surface area contributed by atoms with Gasteiger partial charge in [0.15, 0.2) is 0 Å². The minimum Gasteiger partial charge on any atom is -0.352 e. The molecule has 7 heteroatoms. The van der Waals surface area contributed by atoms with Gasteiger partial charge in [0.2, 0.25) is 11.8 Å². The lowest BCUT2D eigenvalue weighted by Crippen LogP contribution is -2.50. The monoisotopic (exact) mass is 492 g/mol. The summed E-state index contributed by atoms with van der Waals surface area (Å²) in [5.74, 6) is 0.781. The highest BCUT2D eigenvalue weighted by atomic mass is 35.5. The van der Waals surface area contributed by atoms with E-state index in [2.05, 4.69) is 5.32 Å². The normalized spacial score (nSPS) is 15.2. The van der Waals surface area contributed by atoms with E-state index in [4.69, 9.17) is 23.2 Å². The molecule has 1 aliphatic rings. The first-order valence-electron chi connectivity index (χ1n) is 11.1. The van der Waals surface area contributed by atoms with E-state index in [1.807, 2.05) is 30.3 Å². The van der Waals surface area contributed by atoms with Gasteiger partial charge < -0.3 is 10.2 Å². The Kier molecular flexibility index (Phi) is 9.76. The van der Waals surface area contributed by atoms with Gasteiger partial charge in [-0.2, -0.15) is 0 Å². The lowest BCUT2D eigenvalue weighted by molar-refractivity contribution is -0.139. The number of hydrogen-bond acceptors (Lipinski definition) is 3. The van der Waals surface area contributed by atoms with Crippen LogP contribution in [0.15, 0.2) is 48.5 Å². The Morgan fingerprint density at radius 1 is 1.03 bits per heavy atom. The van der Waals surface area contributed by atoms with Crippen molar-refractivity contribution in [2.24, 2.45) is 0 Å². The molecule has 0 unspecified atom stereocenters. The van der Waals surface area contributed by atoms with E-state index in [0.29, 0.717) is 15.6 Å². The molecule has 0 saturated heterocycles. The molecule has 1 N–H and O–H groups in total. The predicted molar refractivity (Wildman–Crippen MR) is 134 cm³/mol. The fourth-order valence-corrected chi connectivity index (χ4v) is 5.31. The van der Waals surface area contributed by atoms with Gasteiger partial charge in [-0.25, -0.2) is 0 Å². The average Bonchev–Trinajstić information content (AvgIpc) is 2.80. The van der Waals surface area contributed by atoms with Crippen LogP contribution in [0.4, 0.5) is 0 Å². The number of carbonyl (C=O) groups is 2. The van der Waals surface area contributed by atoms with Crippen LogP contribution in [0.5, 0.6) is 0 Å². The number of halogens is 2. The molecule has 1 atom stereocenters. The first-order chi connectivity index (χ1) is 15.5. The van der Waals surface area contributed by atoms with Crippen molar-refractivity contribution in [2.45, 2.75) is 63.4 Å². The molecule has 0 heterocycles.